The van der Waals surface area contributed by atoms with Crippen LogP contribution in [0.4, 0.5) is 19.0 Å². The number of aromatic nitrogens is 2. The molecule has 1 aromatic rings. The topological polar surface area (TPSA) is 87.2 Å². The number of aliphatic hydroxyl groups is 1. The van der Waals surface area contributed by atoms with Gasteiger partial charge in [-0.05, 0) is 0 Å². The third-order valence-corrected chi connectivity index (χ3v) is 1.86. The fourth-order valence-corrected chi connectivity index (χ4v) is 1.01. The molecule has 0 aromatic carbocycles. The molecule has 0 aliphatic carbocycles. The van der Waals surface area contributed by atoms with Gasteiger partial charge in [-0.1, -0.05) is 0 Å². The summed E-state index contributed by atoms with van der Waals surface area (Å²) in [5, 5.41) is 10.9. The van der Waals surface area contributed by atoms with Crippen molar-refractivity contribution in [3.63, 3.8) is 0 Å². The van der Waals surface area contributed by atoms with E-state index in [1.54, 1.807) is 0 Å². The Morgan fingerprint density at radius 2 is 2.29 bits per heavy atom. The van der Waals surface area contributed by atoms with Gasteiger partial charge < -0.3 is 20.1 Å². The molecule has 17 heavy (non-hydrogen) atoms. The van der Waals surface area contributed by atoms with Gasteiger partial charge in [0.25, 0.3) is 5.56 Å². The van der Waals surface area contributed by atoms with Crippen LogP contribution in [-0.4, -0.2) is 41.0 Å². The summed E-state index contributed by atoms with van der Waals surface area (Å²) < 4.78 is 40.7. The van der Waals surface area contributed by atoms with Crippen molar-refractivity contribution in [2.24, 2.45) is 0 Å². The number of nitrogens with one attached hydrogen (secondary N) is 2. The maximum atomic E-state index is 12.0. The molecule has 1 heterocycles. The van der Waals surface area contributed by atoms with Crippen molar-refractivity contribution in [2.45, 2.75) is 12.3 Å². The summed E-state index contributed by atoms with van der Waals surface area (Å²) in [5.74, 6) is -0.415. The van der Waals surface area contributed by atoms with Crippen LogP contribution in [0.15, 0.2) is 11.1 Å². The molecule has 96 valence electrons. The monoisotopic (exact) mass is 253 g/mol. The molecule has 0 radical (unpaired) electrons. The van der Waals surface area contributed by atoms with Crippen LogP contribution < -0.4 is 15.6 Å². The van der Waals surface area contributed by atoms with Gasteiger partial charge in [-0.25, -0.2) is 4.98 Å². The minimum Gasteiger partial charge on any atom is -0.489 e. The first kappa shape index (κ1) is 13.3. The van der Waals surface area contributed by atoms with Crippen molar-refractivity contribution in [3.8, 4) is 5.75 Å². The second kappa shape index (κ2) is 5.04. The summed E-state index contributed by atoms with van der Waals surface area (Å²) >= 11 is 0. The SMILES string of the molecule is COc1c(NCC(O)C(F)(F)F)nc[nH]c1=O. The highest BCUT2D eigenvalue weighted by molar-refractivity contribution is 5.47. The molecular formula is C8H10F3N3O3. The minimum atomic E-state index is -4.73. The Bertz CT molecular complexity index is 432. The normalized spacial score (nSPS) is 13.2. The van der Waals surface area contributed by atoms with E-state index in [0.29, 0.717) is 0 Å². The molecular weight excluding hydrogens is 243 g/mol. The average Bonchev–Trinajstić information content (AvgIpc) is 2.24. The molecule has 0 aliphatic heterocycles. The summed E-state index contributed by atoms with van der Waals surface area (Å²) in [6.07, 6.45) is -6.28. The molecule has 0 bridgehead atoms. The minimum absolute atomic E-state index is 0.167. The van der Waals surface area contributed by atoms with Gasteiger partial charge in [-0.15, -0.1) is 0 Å². The van der Waals surface area contributed by atoms with Crippen LogP contribution in [0.3, 0.4) is 0 Å². The van der Waals surface area contributed by atoms with E-state index in [1.807, 2.05) is 0 Å². The first-order chi connectivity index (χ1) is 7.86. The van der Waals surface area contributed by atoms with Crippen molar-refractivity contribution in [3.05, 3.63) is 16.7 Å². The molecule has 6 nitrogen and oxygen atoms in total. The number of aromatic amines is 1. The Labute approximate surface area is 93.4 Å². The zero-order valence-electron chi connectivity index (χ0n) is 8.71. The first-order valence-electron chi connectivity index (χ1n) is 4.46. The molecule has 0 fully saturated rings. The number of halogens is 3. The van der Waals surface area contributed by atoms with Crippen molar-refractivity contribution in [1.29, 1.82) is 0 Å². The standard InChI is InChI=1S/C8H10F3N3O3/c1-17-5-6(13-3-14-7(5)16)12-2-4(15)8(9,10)11/h3-4,15H,2H2,1H3,(H2,12,13,14,16). The molecule has 0 aliphatic rings. The van der Waals surface area contributed by atoms with Crippen molar-refractivity contribution in [1.82, 2.24) is 9.97 Å². The Hall–Kier alpha value is -1.77. The van der Waals surface area contributed by atoms with Crippen LogP contribution >= 0.6 is 0 Å². The molecule has 9 heteroatoms. The maximum Gasteiger partial charge on any atom is 0.416 e. The fourth-order valence-electron chi connectivity index (χ4n) is 1.01. The highest BCUT2D eigenvalue weighted by Crippen LogP contribution is 2.21. The summed E-state index contributed by atoms with van der Waals surface area (Å²) in [5.41, 5.74) is -0.633. The Kier molecular flexibility index (Phi) is 3.94. The van der Waals surface area contributed by atoms with Crippen LogP contribution in [-0.2, 0) is 0 Å². The number of H-pyrrole nitrogens is 1. The van der Waals surface area contributed by atoms with Gasteiger partial charge >= 0.3 is 6.18 Å². The average molecular weight is 253 g/mol. The van der Waals surface area contributed by atoms with Gasteiger partial charge in [0, 0.05) is 0 Å². The van der Waals surface area contributed by atoms with Gasteiger partial charge in [-0.2, -0.15) is 13.2 Å². The third kappa shape index (κ3) is 3.34. The Morgan fingerprint density at radius 1 is 1.65 bits per heavy atom. The number of rotatable bonds is 4. The maximum absolute atomic E-state index is 12.0. The highest BCUT2D eigenvalue weighted by Gasteiger charge is 2.38. The molecule has 0 saturated heterocycles. The predicted molar refractivity (Wildman–Crippen MR) is 52.0 cm³/mol. The lowest BCUT2D eigenvalue weighted by Crippen LogP contribution is -2.35. The molecule has 0 spiro atoms. The molecule has 0 saturated carbocycles. The van der Waals surface area contributed by atoms with Crippen LogP contribution in [0.2, 0.25) is 0 Å². The number of hydrogen-bond donors (Lipinski definition) is 3. The zero-order valence-corrected chi connectivity index (χ0v) is 8.71. The summed E-state index contributed by atoms with van der Waals surface area (Å²) in [4.78, 5) is 17.0. The van der Waals surface area contributed by atoms with Crippen molar-refractivity contribution in [2.75, 3.05) is 19.0 Å². The van der Waals surface area contributed by atoms with E-state index >= 15 is 0 Å². The van der Waals surface area contributed by atoms with E-state index in [1.165, 1.54) is 7.11 Å². The summed E-state index contributed by atoms with van der Waals surface area (Å²) in [7, 11) is 1.18. The second-order valence-electron chi connectivity index (χ2n) is 3.05. The van der Waals surface area contributed by atoms with Crippen LogP contribution in [0.25, 0.3) is 0 Å². The van der Waals surface area contributed by atoms with Gasteiger partial charge in [0.05, 0.1) is 20.0 Å². The van der Waals surface area contributed by atoms with Crippen molar-refractivity contribution >= 4 is 5.82 Å². The van der Waals surface area contributed by atoms with E-state index in [-0.39, 0.29) is 11.6 Å². The van der Waals surface area contributed by atoms with E-state index < -0.39 is 24.4 Å². The molecule has 3 N–H and O–H groups in total. The largest absolute Gasteiger partial charge is 0.489 e. The van der Waals surface area contributed by atoms with Crippen molar-refractivity contribution < 1.29 is 23.0 Å². The second-order valence-corrected chi connectivity index (χ2v) is 3.05. The van der Waals surface area contributed by atoms with E-state index in [4.69, 9.17) is 5.11 Å². The highest BCUT2D eigenvalue weighted by atomic mass is 19.4. The first-order valence-corrected chi connectivity index (χ1v) is 4.46. The Balaban J connectivity index is 2.77. The number of ether oxygens (including phenoxy) is 1. The predicted octanol–water partition coefficient (Wildman–Crippen LogP) is 0.114. The van der Waals surface area contributed by atoms with E-state index in [9.17, 15) is 18.0 Å². The lowest BCUT2D eigenvalue weighted by molar-refractivity contribution is -0.198. The van der Waals surface area contributed by atoms with Crippen LogP contribution in [0.5, 0.6) is 5.75 Å². The summed E-state index contributed by atoms with van der Waals surface area (Å²) in [6.45, 7) is -0.823. The summed E-state index contributed by atoms with van der Waals surface area (Å²) in [6, 6.07) is 0. The van der Waals surface area contributed by atoms with Crippen LogP contribution in [0, 0.1) is 0 Å². The van der Waals surface area contributed by atoms with Gasteiger partial charge in [0.1, 0.15) is 0 Å². The lowest BCUT2D eigenvalue weighted by Gasteiger charge is -2.15. The van der Waals surface area contributed by atoms with Gasteiger partial charge in [-0.3, -0.25) is 4.79 Å². The lowest BCUT2D eigenvalue weighted by atomic mass is 10.3. The zero-order chi connectivity index (χ0) is 13.1. The number of aliphatic hydroxyl groups excluding tert-OH is 1. The quantitative estimate of drug-likeness (QED) is 0.709. The molecule has 1 unspecified atom stereocenters. The molecule has 0 amide bonds. The number of hydrogen-bond acceptors (Lipinski definition) is 5. The van der Waals surface area contributed by atoms with Gasteiger partial charge in [0.15, 0.2) is 11.9 Å². The van der Waals surface area contributed by atoms with E-state index in [2.05, 4.69) is 20.0 Å². The number of anilines is 1. The molecule has 1 aromatic heterocycles. The molecule has 1 rings (SSSR count). The smallest absolute Gasteiger partial charge is 0.416 e. The Morgan fingerprint density at radius 3 is 2.82 bits per heavy atom. The van der Waals surface area contributed by atoms with Gasteiger partial charge in [0.2, 0.25) is 5.75 Å². The third-order valence-electron chi connectivity index (χ3n) is 1.86. The number of nitrogens with zero attached hydrogens (tertiary/aromatic N) is 1. The number of alkyl halides is 3. The van der Waals surface area contributed by atoms with E-state index in [0.717, 1.165) is 6.33 Å². The number of methoxy groups -OCH3 is 1. The fraction of sp³-hybridized carbons (Fsp3) is 0.500. The molecule has 1 atom stereocenters. The van der Waals surface area contributed by atoms with Crippen LogP contribution in [0.1, 0.15) is 0 Å².